The zero-order chi connectivity index (χ0) is 2.00. The van der Waals surface area contributed by atoms with Crippen LogP contribution in [-0.4, -0.2) is 83.2 Å². The smallest absolute Gasteiger partial charge is 2.00 e. The summed E-state index contributed by atoms with van der Waals surface area (Å²) in [6.45, 7) is 0. The summed E-state index contributed by atoms with van der Waals surface area (Å²) in [4.78, 5) is 0. The monoisotopic (exact) mass is 269 g/mol. The fraction of sp³-hybridized carbons (Fsp3) is 0. The van der Waals surface area contributed by atoms with Crippen molar-refractivity contribution in [3.63, 3.8) is 0 Å². The van der Waals surface area contributed by atoms with E-state index in [2.05, 4.69) is 15.9 Å². The molecule has 5 heteroatoms. The van der Waals surface area contributed by atoms with E-state index in [0.717, 1.165) is 0 Å². The van der Waals surface area contributed by atoms with Crippen molar-refractivity contribution in [1.29, 1.82) is 0 Å². The van der Waals surface area contributed by atoms with Gasteiger partial charge in [0.05, 0.1) is 0 Å². The van der Waals surface area contributed by atoms with E-state index in [1.165, 1.54) is 0 Å². The van der Waals surface area contributed by atoms with Crippen LogP contribution in [0.25, 0.3) is 0 Å². The maximum absolute atomic E-state index is 7.81. The van der Waals surface area contributed by atoms with E-state index in [-0.39, 0.29) is 105 Å². The Labute approximate surface area is 122 Å². The molecule has 0 aliphatic heterocycles. The molecule has 0 spiro atoms. The Balaban J connectivity index is -0.000000000238. The number of rotatable bonds is 0. The predicted octanol–water partition coefficient (Wildman–Crippen LogP) is -0.435. The van der Waals surface area contributed by atoms with E-state index < -0.39 is 0 Å². The average molecular weight is 270 g/mol. The molecular formula is H4CaCuNiOSr. The summed E-state index contributed by atoms with van der Waals surface area (Å²) in [5, 5.41) is 0. The summed E-state index contributed by atoms with van der Waals surface area (Å²) in [6.07, 6.45) is 0. The van der Waals surface area contributed by atoms with Crippen LogP contribution in [0.2, 0.25) is 0 Å². The second kappa shape index (κ2) is 25.7. The van der Waals surface area contributed by atoms with Crippen molar-refractivity contribution in [2.24, 2.45) is 0 Å². The van der Waals surface area contributed by atoms with E-state index in [4.69, 9.17) is 3.83 Å². The van der Waals surface area contributed by atoms with Crippen molar-refractivity contribution in [3.05, 3.63) is 0 Å². The molecule has 0 aromatic rings. The first kappa shape index (κ1) is 23.5. The van der Waals surface area contributed by atoms with Gasteiger partial charge < -0.3 is 5.71 Å². The second-order valence-corrected chi connectivity index (χ2v) is 0. The molecule has 0 aromatic carbocycles. The molecule has 0 saturated carbocycles. The minimum Gasteiger partial charge on any atom is 2.00 e. The Kier molecular flexibility index (Phi) is 121. The molecule has 0 radical (unpaired) electrons. The molecule has 0 atom stereocenters. The first-order valence-electron chi connectivity index (χ1n) is 0.123. The summed E-state index contributed by atoms with van der Waals surface area (Å²) in [5.41, 5.74) is 0. The van der Waals surface area contributed by atoms with Crippen LogP contribution in [0.3, 0.4) is 0 Å². The third kappa shape index (κ3) is 18.4. The molecule has 0 bridgehead atoms. The molecule has 0 aliphatic carbocycles. The van der Waals surface area contributed by atoms with Crippen LogP contribution in [0.1, 0.15) is 5.71 Å². The molecular weight excluding hydrogens is 266 g/mol. The summed E-state index contributed by atoms with van der Waals surface area (Å²) < 4.78 is 7.81. The Morgan fingerprint density at radius 3 is 1.40 bits per heavy atom. The normalized spacial score (nSPS) is 1.20. The first-order valence-corrected chi connectivity index (χ1v) is 0.508. The minimum absolute atomic E-state index is 0. The van der Waals surface area contributed by atoms with Gasteiger partial charge in [-0.25, -0.2) is 0 Å². The van der Waals surface area contributed by atoms with Crippen LogP contribution < -0.4 is 0 Å². The molecule has 0 heterocycles. The molecule has 0 N–H and O–H groups in total. The van der Waals surface area contributed by atoms with E-state index in [9.17, 15) is 0 Å². The van der Waals surface area contributed by atoms with E-state index in [1.807, 2.05) is 0 Å². The van der Waals surface area contributed by atoms with Crippen LogP contribution in [0.15, 0.2) is 0 Å². The van der Waals surface area contributed by atoms with Crippen molar-refractivity contribution >= 4 is 83.2 Å². The summed E-state index contributed by atoms with van der Waals surface area (Å²) in [6, 6.07) is 0. The van der Waals surface area contributed by atoms with Crippen molar-refractivity contribution in [2.75, 3.05) is 0 Å². The molecule has 35 valence electrons. The van der Waals surface area contributed by atoms with Gasteiger partial charge in [-0.15, -0.1) is 0 Å². The molecule has 0 saturated heterocycles. The van der Waals surface area contributed by atoms with Crippen LogP contribution in [-0.2, 0) is 36.3 Å². The van der Waals surface area contributed by atoms with Gasteiger partial charge in [-0.2, -0.15) is 0 Å². The summed E-state index contributed by atoms with van der Waals surface area (Å²) >= 11 is 2.94. The number of hydrogen-bond acceptors (Lipinski definition) is 1. The largest absolute Gasteiger partial charge is 2.00 e. The third-order valence-electron chi connectivity index (χ3n) is 0. The quantitative estimate of drug-likeness (QED) is 0.546. The van der Waals surface area contributed by atoms with Gasteiger partial charge in [-0.3, -0.25) is 0 Å². The maximum atomic E-state index is 7.81. The van der Waals surface area contributed by atoms with Gasteiger partial charge in [-0.1, -0.05) is 0 Å². The topological polar surface area (TPSA) is 17.1 Å². The minimum atomic E-state index is 0. The van der Waals surface area contributed by atoms with Gasteiger partial charge >= 0.3 is 103 Å². The second-order valence-electron chi connectivity index (χ2n) is 0. The molecule has 0 unspecified atom stereocenters. The Morgan fingerprint density at radius 2 is 1.40 bits per heavy atom. The molecule has 0 fully saturated rings. The predicted molar refractivity (Wildman–Crippen MR) is 16.6 cm³/mol. The van der Waals surface area contributed by atoms with Gasteiger partial charge in [-0.05, 0) is 0 Å². The molecule has 0 amide bonds. The molecule has 1 nitrogen and oxygen atoms in total. The average Bonchev–Trinajstić information content (AvgIpc) is 1.00. The van der Waals surface area contributed by atoms with Crippen LogP contribution >= 0.6 is 0 Å². The van der Waals surface area contributed by atoms with Crippen LogP contribution in [0.5, 0.6) is 0 Å². The van der Waals surface area contributed by atoms with Crippen molar-refractivity contribution in [1.82, 2.24) is 0 Å². The van der Waals surface area contributed by atoms with Crippen molar-refractivity contribution in [3.8, 4) is 0 Å². The van der Waals surface area contributed by atoms with Gasteiger partial charge in [0, 0.05) is 16.5 Å². The van der Waals surface area contributed by atoms with Crippen molar-refractivity contribution in [2.45, 2.75) is 0 Å². The van der Waals surface area contributed by atoms with Crippen LogP contribution in [0, 0.1) is 0 Å². The molecule has 0 aromatic heterocycles. The molecule has 0 rings (SSSR count). The third-order valence-corrected chi connectivity index (χ3v) is 0. The zero-order valence-electron chi connectivity index (χ0n) is 6.44. The number of hydrogen-bond donors (Lipinski definition) is 0. The first-order chi connectivity index (χ1) is 1.00. The van der Waals surface area contributed by atoms with Gasteiger partial charge in [0.25, 0.3) is 0 Å². The fourth-order valence-corrected chi connectivity index (χ4v) is 0. The van der Waals surface area contributed by atoms with Crippen molar-refractivity contribution < 1.29 is 42.0 Å². The standard InChI is InChI=1S/Ca.Cu.Ni.O.Sr.4H/q+2;;;;+2;4*-1. The molecule has 5 heavy (non-hydrogen) atoms. The van der Waals surface area contributed by atoms with E-state index in [1.54, 1.807) is 0 Å². The maximum Gasteiger partial charge on any atom is 2.00 e. The SMILES string of the molecule is [Ca+2].[H-].[H-].[H-].[H-].[Ni].[O]=[Cu].[Sr+2]. The van der Waals surface area contributed by atoms with Gasteiger partial charge in [0.15, 0.2) is 0 Å². The zero-order valence-corrected chi connectivity index (χ0v) is 10.1. The fourth-order valence-electron chi connectivity index (χ4n) is 0. The van der Waals surface area contributed by atoms with Gasteiger partial charge in [0.1, 0.15) is 0 Å². The van der Waals surface area contributed by atoms with Gasteiger partial charge in [0.2, 0.25) is 0 Å². The summed E-state index contributed by atoms with van der Waals surface area (Å²) in [7, 11) is 0. The summed E-state index contributed by atoms with van der Waals surface area (Å²) in [5.74, 6) is 0. The molecule has 0 aliphatic rings. The Hall–Kier alpha value is 3.55. The Bertz CT molecular complexity index is 20.5. The Morgan fingerprint density at radius 1 is 1.40 bits per heavy atom. The van der Waals surface area contributed by atoms with Crippen LogP contribution in [0.4, 0.5) is 0 Å². The van der Waals surface area contributed by atoms with E-state index in [0.29, 0.717) is 0 Å². The van der Waals surface area contributed by atoms with E-state index >= 15 is 0 Å².